The molecule has 1 N–H and O–H groups in total. The first-order valence-corrected chi connectivity index (χ1v) is 3.31. The lowest BCUT2D eigenvalue weighted by Crippen LogP contribution is -2.15. The van der Waals surface area contributed by atoms with Crippen LogP contribution < -0.4 is 10.3 Å². The van der Waals surface area contributed by atoms with Gasteiger partial charge in [-0.3, -0.25) is 4.79 Å². The van der Waals surface area contributed by atoms with Gasteiger partial charge in [-0.1, -0.05) is 0 Å². The number of alkyl halides is 2. The summed E-state index contributed by atoms with van der Waals surface area (Å²) >= 11 is 0. The van der Waals surface area contributed by atoms with Gasteiger partial charge in [-0.2, -0.15) is 0 Å². The number of pyridine rings is 1. The van der Waals surface area contributed by atoms with Crippen molar-refractivity contribution in [2.24, 2.45) is 0 Å². The maximum absolute atomic E-state index is 12.8. The average Bonchev–Trinajstić information content (AvgIpc) is 2.07. The van der Waals surface area contributed by atoms with Crippen LogP contribution in [0.4, 0.5) is 13.2 Å². The standard InChI is InChI=1S/C7H6F3NO2/c1-13-5-3(8)2-11-7(12)4(5)6(9)10/h2,6H,1H3,(H,11,12). The summed E-state index contributed by atoms with van der Waals surface area (Å²) < 4.78 is 41.5. The van der Waals surface area contributed by atoms with Crippen LogP contribution in [0.5, 0.6) is 5.75 Å². The van der Waals surface area contributed by atoms with Gasteiger partial charge in [0, 0.05) is 6.20 Å². The fourth-order valence-electron chi connectivity index (χ4n) is 0.910. The average molecular weight is 193 g/mol. The van der Waals surface area contributed by atoms with Crippen LogP contribution in [0.25, 0.3) is 0 Å². The minimum absolute atomic E-state index is 0.674. The molecule has 0 aromatic carbocycles. The molecule has 0 spiro atoms. The molecule has 1 aromatic rings. The number of rotatable bonds is 2. The molecule has 13 heavy (non-hydrogen) atoms. The van der Waals surface area contributed by atoms with Gasteiger partial charge in [0.25, 0.3) is 12.0 Å². The molecule has 0 aliphatic rings. The Hall–Kier alpha value is -1.46. The lowest BCUT2D eigenvalue weighted by molar-refractivity contribution is 0.144. The van der Waals surface area contributed by atoms with Gasteiger partial charge in [-0.15, -0.1) is 0 Å². The second-order valence-electron chi connectivity index (χ2n) is 2.21. The topological polar surface area (TPSA) is 42.1 Å². The highest BCUT2D eigenvalue weighted by Crippen LogP contribution is 2.26. The summed E-state index contributed by atoms with van der Waals surface area (Å²) in [5.74, 6) is -1.73. The van der Waals surface area contributed by atoms with Crippen LogP contribution in [0.3, 0.4) is 0 Å². The van der Waals surface area contributed by atoms with Crippen LogP contribution in [-0.4, -0.2) is 12.1 Å². The van der Waals surface area contributed by atoms with E-state index in [9.17, 15) is 18.0 Å². The molecule has 0 aliphatic carbocycles. The maximum atomic E-state index is 12.8. The zero-order valence-corrected chi connectivity index (χ0v) is 6.61. The van der Waals surface area contributed by atoms with Crippen molar-refractivity contribution >= 4 is 0 Å². The van der Waals surface area contributed by atoms with Gasteiger partial charge in [-0.25, -0.2) is 13.2 Å². The van der Waals surface area contributed by atoms with E-state index in [4.69, 9.17) is 0 Å². The highest BCUT2D eigenvalue weighted by Gasteiger charge is 2.21. The molecule has 0 bridgehead atoms. The molecule has 0 aliphatic heterocycles. The van der Waals surface area contributed by atoms with Gasteiger partial charge in [-0.05, 0) is 0 Å². The SMILES string of the molecule is COc1c(F)c[nH]c(=O)c1C(F)F. The van der Waals surface area contributed by atoms with Gasteiger partial charge in [0.2, 0.25) is 0 Å². The predicted molar refractivity (Wildman–Crippen MR) is 38.5 cm³/mol. The number of aromatic nitrogens is 1. The minimum Gasteiger partial charge on any atom is -0.493 e. The predicted octanol–water partition coefficient (Wildman–Crippen LogP) is 1.46. The summed E-state index contributed by atoms with van der Waals surface area (Å²) in [6, 6.07) is 0. The Labute approximate surface area is 71.2 Å². The second kappa shape index (κ2) is 3.51. The lowest BCUT2D eigenvalue weighted by atomic mass is 10.2. The smallest absolute Gasteiger partial charge is 0.272 e. The first kappa shape index (κ1) is 9.63. The molecule has 0 fully saturated rings. The van der Waals surface area contributed by atoms with Crippen molar-refractivity contribution in [3.63, 3.8) is 0 Å². The number of H-pyrrole nitrogens is 1. The van der Waals surface area contributed by atoms with E-state index in [-0.39, 0.29) is 0 Å². The van der Waals surface area contributed by atoms with Crippen LogP contribution in [0.1, 0.15) is 12.0 Å². The fourth-order valence-corrected chi connectivity index (χ4v) is 0.910. The van der Waals surface area contributed by atoms with Crippen LogP contribution >= 0.6 is 0 Å². The maximum Gasteiger partial charge on any atom is 0.272 e. The van der Waals surface area contributed by atoms with E-state index >= 15 is 0 Å². The molecule has 0 amide bonds. The van der Waals surface area contributed by atoms with Crippen molar-refractivity contribution in [2.45, 2.75) is 6.43 Å². The Bertz CT molecular complexity index is 361. The number of hydrogen-bond acceptors (Lipinski definition) is 2. The molecule has 0 saturated heterocycles. The van der Waals surface area contributed by atoms with Crippen molar-refractivity contribution in [2.75, 3.05) is 7.11 Å². The van der Waals surface area contributed by atoms with Crippen LogP contribution in [0.15, 0.2) is 11.0 Å². The largest absolute Gasteiger partial charge is 0.493 e. The minimum atomic E-state index is -3.06. The molecular weight excluding hydrogens is 187 g/mol. The monoisotopic (exact) mass is 193 g/mol. The van der Waals surface area contributed by atoms with Gasteiger partial charge in [0.15, 0.2) is 11.6 Å². The van der Waals surface area contributed by atoms with E-state index in [1.165, 1.54) is 0 Å². The molecule has 1 heterocycles. The van der Waals surface area contributed by atoms with E-state index in [2.05, 4.69) is 4.74 Å². The third-order valence-corrected chi connectivity index (χ3v) is 1.46. The molecule has 3 nitrogen and oxygen atoms in total. The molecule has 0 unspecified atom stereocenters. The number of halogens is 3. The van der Waals surface area contributed by atoms with E-state index in [1.54, 1.807) is 0 Å². The molecule has 1 rings (SSSR count). The highest BCUT2D eigenvalue weighted by atomic mass is 19.3. The van der Waals surface area contributed by atoms with Crippen LogP contribution in [-0.2, 0) is 0 Å². The molecule has 0 saturated carbocycles. The normalized spacial score (nSPS) is 10.5. The second-order valence-corrected chi connectivity index (χ2v) is 2.21. The number of hydrogen-bond donors (Lipinski definition) is 1. The third kappa shape index (κ3) is 1.66. The van der Waals surface area contributed by atoms with E-state index in [0.717, 1.165) is 7.11 Å². The molecule has 0 atom stereocenters. The van der Waals surface area contributed by atoms with E-state index in [1.807, 2.05) is 4.98 Å². The fraction of sp³-hybridized carbons (Fsp3) is 0.286. The van der Waals surface area contributed by atoms with Gasteiger partial charge in [0.05, 0.1) is 7.11 Å². The Kier molecular flexibility index (Phi) is 2.60. The highest BCUT2D eigenvalue weighted by molar-refractivity contribution is 5.32. The Balaban J connectivity index is 3.44. The zero-order valence-electron chi connectivity index (χ0n) is 6.61. The molecule has 1 aromatic heterocycles. The summed E-state index contributed by atoms with van der Waals surface area (Å²) in [6.07, 6.45) is -2.39. The van der Waals surface area contributed by atoms with Crippen molar-refractivity contribution in [1.82, 2.24) is 4.98 Å². The van der Waals surface area contributed by atoms with Gasteiger partial charge < -0.3 is 9.72 Å². The van der Waals surface area contributed by atoms with Gasteiger partial charge in [0.1, 0.15) is 5.56 Å². The summed E-state index contributed by atoms with van der Waals surface area (Å²) in [7, 11) is 1.02. The Morgan fingerprint density at radius 1 is 1.54 bits per heavy atom. The van der Waals surface area contributed by atoms with Crippen molar-refractivity contribution in [1.29, 1.82) is 0 Å². The Morgan fingerprint density at radius 3 is 2.54 bits per heavy atom. The van der Waals surface area contributed by atoms with Crippen molar-refractivity contribution in [3.05, 3.63) is 27.9 Å². The first-order valence-electron chi connectivity index (χ1n) is 3.31. The van der Waals surface area contributed by atoms with E-state index in [0.29, 0.717) is 6.20 Å². The Morgan fingerprint density at radius 2 is 2.15 bits per heavy atom. The molecular formula is C7H6F3NO2. The lowest BCUT2D eigenvalue weighted by Gasteiger charge is -2.06. The van der Waals surface area contributed by atoms with Crippen LogP contribution in [0, 0.1) is 5.82 Å². The quantitative estimate of drug-likeness (QED) is 0.772. The number of ether oxygens (including phenoxy) is 1. The number of nitrogens with one attached hydrogen (secondary N) is 1. The van der Waals surface area contributed by atoms with Crippen LogP contribution in [0.2, 0.25) is 0 Å². The third-order valence-electron chi connectivity index (χ3n) is 1.46. The summed E-state index contributed by atoms with van der Waals surface area (Å²) in [4.78, 5) is 12.6. The van der Waals surface area contributed by atoms with Crippen molar-refractivity contribution in [3.8, 4) is 5.75 Å². The zero-order chi connectivity index (χ0) is 10.0. The summed E-state index contributed by atoms with van der Waals surface area (Å²) in [6.45, 7) is 0. The van der Waals surface area contributed by atoms with Crippen molar-refractivity contribution < 1.29 is 17.9 Å². The van der Waals surface area contributed by atoms with Gasteiger partial charge >= 0.3 is 0 Å². The molecule has 72 valence electrons. The number of aromatic amines is 1. The summed E-state index contributed by atoms with van der Waals surface area (Å²) in [5.41, 5.74) is -2.03. The summed E-state index contributed by atoms with van der Waals surface area (Å²) in [5, 5.41) is 0. The molecule has 6 heteroatoms. The number of methoxy groups -OCH3 is 1. The molecule has 0 radical (unpaired) electrons. The van der Waals surface area contributed by atoms with E-state index < -0.39 is 29.1 Å². The first-order chi connectivity index (χ1) is 6.07.